The van der Waals surface area contributed by atoms with Gasteiger partial charge in [-0.3, -0.25) is 9.59 Å². The molecule has 0 aromatic heterocycles. The predicted octanol–water partition coefficient (Wildman–Crippen LogP) is -0.120. The molecule has 0 saturated carbocycles. The van der Waals surface area contributed by atoms with Crippen LogP contribution in [0.2, 0.25) is 0 Å². The van der Waals surface area contributed by atoms with E-state index in [1.54, 1.807) is 13.8 Å². The Morgan fingerprint density at radius 1 is 1.11 bits per heavy atom. The van der Waals surface area contributed by atoms with Crippen LogP contribution in [0.1, 0.15) is 20.3 Å². The first-order valence-corrected chi connectivity index (χ1v) is 5.99. The molecule has 0 unspecified atom stereocenters. The van der Waals surface area contributed by atoms with Crippen molar-refractivity contribution in [3.05, 3.63) is 0 Å². The Morgan fingerprint density at radius 2 is 1.68 bits per heavy atom. The predicted molar refractivity (Wildman–Crippen MR) is 66.2 cm³/mol. The largest absolute Gasteiger partial charge is 0.469 e. The summed E-state index contributed by atoms with van der Waals surface area (Å²) >= 11 is 0. The summed E-state index contributed by atoms with van der Waals surface area (Å²) in [5, 5.41) is 2.47. The van der Waals surface area contributed by atoms with Crippen LogP contribution in [0.5, 0.6) is 0 Å². The van der Waals surface area contributed by atoms with E-state index in [1.165, 1.54) is 14.2 Å². The molecule has 1 N–H and O–H groups in total. The van der Waals surface area contributed by atoms with E-state index in [2.05, 4.69) is 14.8 Å². The molecule has 7 heteroatoms. The molecule has 0 aromatic carbocycles. The normalized spacial score (nSPS) is 13.3. The smallest absolute Gasteiger partial charge is 0.328 e. The summed E-state index contributed by atoms with van der Waals surface area (Å²) in [5.41, 5.74) is 0. The van der Waals surface area contributed by atoms with E-state index in [4.69, 9.17) is 4.74 Å². The van der Waals surface area contributed by atoms with Crippen LogP contribution in [-0.4, -0.2) is 51.3 Å². The molecule has 1 amide bonds. The maximum absolute atomic E-state index is 11.5. The second-order valence-corrected chi connectivity index (χ2v) is 3.94. The molecule has 0 bridgehead atoms. The average Bonchev–Trinajstić information content (AvgIpc) is 2.42. The Hall–Kier alpha value is -1.63. The van der Waals surface area contributed by atoms with Gasteiger partial charge < -0.3 is 19.5 Å². The van der Waals surface area contributed by atoms with Crippen LogP contribution in [0.25, 0.3) is 0 Å². The van der Waals surface area contributed by atoms with E-state index in [1.807, 2.05) is 0 Å². The molecule has 0 spiro atoms. The standard InChI is InChI=1S/C12H21NO6/c1-5-19-7-10(14)13-9(12(16)18-4)6-8(2)11(15)17-3/h8-9H,5-7H2,1-4H3,(H,13,14)/t8-,9+/m0/s1. The van der Waals surface area contributed by atoms with Gasteiger partial charge in [0.1, 0.15) is 12.6 Å². The van der Waals surface area contributed by atoms with Crippen LogP contribution >= 0.6 is 0 Å². The molecule has 0 fully saturated rings. The summed E-state index contributed by atoms with van der Waals surface area (Å²) < 4.78 is 14.1. The zero-order valence-electron chi connectivity index (χ0n) is 11.7. The molecule has 0 aromatic rings. The lowest BCUT2D eigenvalue weighted by atomic mass is 10.0. The first-order valence-electron chi connectivity index (χ1n) is 5.99. The highest BCUT2D eigenvalue weighted by Gasteiger charge is 2.27. The molecule has 7 nitrogen and oxygen atoms in total. The quantitative estimate of drug-likeness (QED) is 0.621. The van der Waals surface area contributed by atoms with Gasteiger partial charge in [0.15, 0.2) is 0 Å². The Balaban J connectivity index is 4.51. The van der Waals surface area contributed by atoms with E-state index in [0.717, 1.165) is 0 Å². The van der Waals surface area contributed by atoms with Crippen LogP contribution in [0.3, 0.4) is 0 Å². The van der Waals surface area contributed by atoms with Gasteiger partial charge in [0.2, 0.25) is 5.91 Å². The summed E-state index contributed by atoms with van der Waals surface area (Å²) in [7, 11) is 2.48. The first kappa shape index (κ1) is 17.4. The number of hydrogen-bond acceptors (Lipinski definition) is 6. The lowest BCUT2D eigenvalue weighted by Gasteiger charge is -2.19. The molecule has 0 saturated heterocycles. The van der Waals surface area contributed by atoms with E-state index < -0.39 is 29.8 Å². The second kappa shape index (κ2) is 9.32. The summed E-state index contributed by atoms with van der Waals surface area (Å²) in [6, 6.07) is -0.896. The van der Waals surface area contributed by atoms with Crippen molar-refractivity contribution in [1.82, 2.24) is 5.32 Å². The fourth-order valence-corrected chi connectivity index (χ4v) is 1.44. The lowest BCUT2D eigenvalue weighted by Crippen LogP contribution is -2.44. The van der Waals surface area contributed by atoms with E-state index >= 15 is 0 Å². The third-order valence-electron chi connectivity index (χ3n) is 2.45. The number of nitrogens with one attached hydrogen (secondary N) is 1. The van der Waals surface area contributed by atoms with Crippen molar-refractivity contribution < 1.29 is 28.6 Å². The molecule has 0 aliphatic heterocycles. The molecule has 110 valence electrons. The van der Waals surface area contributed by atoms with E-state index in [0.29, 0.717) is 6.61 Å². The maximum atomic E-state index is 11.5. The highest BCUT2D eigenvalue weighted by Crippen LogP contribution is 2.09. The summed E-state index contributed by atoms with van der Waals surface area (Å²) in [6.45, 7) is 3.62. The third kappa shape index (κ3) is 6.76. The summed E-state index contributed by atoms with van der Waals surface area (Å²) in [5.74, 6) is -2.02. The zero-order valence-corrected chi connectivity index (χ0v) is 11.7. The summed E-state index contributed by atoms with van der Waals surface area (Å²) in [4.78, 5) is 34.3. The van der Waals surface area contributed by atoms with Crippen LogP contribution in [-0.2, 0) is 28.6 Å². The molecule has 19 heavy (non-hydrogen) atoms. The van der Waals surface area contributed by atoms with Gasteiger partial charge in [-0.1, -0.05) is 6.92 Å². The molecule has 0 aliphatic carbocycles. The lowest BCUT2D eigenvalue weighted by molar-refractivity contribution is -0.149. The van der Waals surface area contributed by atoms with Gasteiger partial charge in [0.05, 0.1) is 20.1 Å². The summed E-state index contributed by atoms with van der Waals surface area (Å²) in [6.07, 6.45) is 0.108. The van der Waals surface area contributed by atoms with E-state index in [9.17, 15) is 14.4 Å². The number of methoxy groups -OCH3 is 2. The third-order valence-corrected chi connectivity index (χ3v) is 2.45. The van der Waals surface area contributed by atoms with Crippen LogP contribution < -0.4 is 5.32 Å². The van der Waals surface area contributed by atoms with Gasteiger partial charge in [0, 0.05) is 6.61 Å². The van der Waals surface area contributed by atoms with Gasteiger partial charge in [-0.2, -0.15) is 0 Å². The number of rotatable bonds is 8. The van der Waals surface area contributed by atoms with Crippen LogP contribution in [0.4, 0.5) is 0 Å². The van der Waals surface area contributed by atoms with Crippen molar-refractivity contribution in [2.24, 2.45) is 5.92 Å². The topological polar surface area (TPSA) is 90.9 Å². The fraction of sp³-hybridized carbons (Fsp3) is 0.750. The molecule has 0 aliphatic rings. The van der Waals surface area contributed by atoms with Crippen molar-refractivity contribution in [3.63, 3.8) is 0 Å². The molecular formula is C12H21NO6. The fourth-order valence-electron chi connectivity index (χ4n) is 1.44. The molecule has 2 atom stereocenters. The molecule has 0 heterocycles. The second-order valence-electron chi connectivity index (χ2n) is 3.94. The zero-order chi connectivity index (χ0) is 14.8. The van der Waals surface area contributed by atoms with Crippen molar-refractivity contribution in [2.75, 3.05) is 27.4 Å². The Bertz CT molecular complexity index is 317. The Kier molecular flexibility index (Phi) is 8.52. The van der Waals surface area contributed by atoms with Crippen molar-refractivity contribution in [2.45, 2.75) is 26.3 Å². The van der Waals surface area contributed by atoms with Gasteiger partial charge in [-0.25, -0.2) is 4.79 Å². The van der Waals surface area contributed by atoms with Crippen LogP contribution in [0.15, 0.2) is 0 Å². The monoisotopic (exact) mass is 275 g/mol. The Labute approximate surface area is 112 Å². The average molecular weight is 275 g/mol. The number of esters is 2. The molecule has 0 radical (unpaired) electrons. The maximum Gasteiger partial charge on any atom is 0.328 e. The van der Waals surface area contributed by atoms with Crippen molar-refractivity contribution in [1.29, 1.82) is 0 Å². The Morgan fingerprint density at radius 3 is 2.16 bits per heavy atom. The molecule has 0 rings (SSSR count). The van der Waals surface area contributed by atoms with Gasteiger partial charge in [-0.05, 0) is 13.3 Å². The van der Waals surface area contributed by atoms with Gasteiger partial charge in [0.25, 0.3) is 0 Å². The van der Waals surface area contributed by atoms with Crippen molar-refractivity contribution >= 4 is 17.8 Å². The first-order chi connectivity index (χ1) is 8.96. The molecular weight excluding hydrogens is 254 g/mol. The minimum Gasteiger partial charge on any atom is -0.469 e. The van der Waals surface area contributed by atoms with Gasteiger partial charge in [-0.15, -0.1) is 0 Å². The number of carbonyl (C=O) groups excluding carboxylic acids is 3. The van der Waals surface area contributed by atoms with Crippen LogP contribution in [0, 0.1) is 5.92 Å². The number of carbonyl (C=O) groups is 3. The highest BCUT2D eigenvalue weighted by atomic mass is 16.5. The highest BCUT2D eigenvalue weighted by molar-refractivity contribution is 5.85. The van der Waals surface area contributed by atoms with Crippen molar-refractivity contribution in [3.8, 4) is 0 Å². The van der Waals surface area contributed by atoms with Gasteiger partial charge >= 0.3 is 11.9 Å². The SMILES string of the molecule is CCOCC(=O)N[C@H](C[C@H](C)C(=O)OC)C(=O)OC. The number of amides is 1. The minimum atomic E-state index is -0.896. The number of hydrogen-bond donors (Lipinski definition) is 1. The number of ether oxygens (including phenoxy) is 3. The van der Waals surface area contributed by atoms with E-state index in [-0.39, 0.29) is 13.0 Å². The minimum absolute atomic E-state index is 0.108.